The van der Waals surface area contributed by atoms with Crippen molar-refractivity contribution < 1.29 is 0 Å². The molecule has 0 spiro atoms. The van der Waals surface area contributed by atoms with Crippen LogP contribution in [0, 0.1) is 6.92 Å². The summed E-state index contributed by atoms with van der Waals surface area (Å²) in [6.07, 6.45) is 4.23. The lowest BCUT2D eigenvalue weighted by Crippen LogP contribution is -2.32. The summed E-state index contributed by atoms with van der Waals surface area (Å²) in [7, 11) is 2.17. The Morgan fingerprint density at radius 2 is 2.04 bits per heavy atom. The maximum atomic E-state index is 6.09. The van der Waals surface area contributed by atoms with Gasteiger partial charge in [0.1, 0.15) is 5.82 Å². The van der Waals surface area contributed by atoms with E-state index in [-0.39, 0.29) is 0 Å². The van der Waals surface area contributed by atoms with Crippen molar-refractivity contribution in [3.8, 4) is 11.4 Å². The molecule has 1 saturated heterocycles. The van der Waals surface area contributed by atoms with E-state index in [1.54, 1.807) is 0 Å². The van der Waals surface area contributed by atoms with E-state index in [2.05, 4.69) is 26.7 Å². The Morgan fingerprint density at radius 1 is 1.26 bits per heavy atom. The number of halogens is 1. The molecule has 120 valence electrons. The van der Waals surface area contributed by atoms with Crippen molar-refractivity contribution in [1.82, 2.24) is 24.6 Å². The number of aryl methyl sites for hydroxylation is 1. The number of likely N-dealkylation sites (tertiary alicyclic amines) is 1. The first kappa shape index (κ1) is 14.7. The highest BCUT2D eigenvalue weighted by atomic mass is 35.5. The van der Waals surface area contributed by atoms with Crippen molar-refractivity contribution in [3.05, 3.63) is 35.2 Å². The van der Waals surface area contributed by atoms with E-state index in [1.807, 2.05) is 31.3 Å². The quantitative estimate of drug-likeness (QED) is 0.780. The molecule has 0 radical (unpaired) electrons. The minimum Gasteiger partial charge on any atom is -0.360 e. The van der Waals surface area contributed by atoms with Crippen molar-refractivity contribution in [2.24, 2.45) is 0 Å². The van der Waals surface area contributed by atoms with Gasteiger partial charge in [-0.05, 0) is 52.0 Å². The van der Waals surface area contributed by atoms with Crippen LogP contribution in [0.15, 0.2) is 24.4 Å². The largest absolute Gasteiger partial charge is 0.360 e. The maximum absolute atomic E-state index is 6.09. The number of aromatic amines is 1. The molecule has 1 aromatic carbocycles. The number of nitrogens with one attached hydrogen (secondary N) is 1. The standard InChI is InChI=1S/C17H20ClN5/c1-11-20-17(23(21-11)13-5-7-22(2)8-6-13)15-10-19-16-9-12(18)3-4-14(15)16/h3-4,9-10,13,19H,5-8H2,1-2H3. The Hall–Kier alpha value is -1.85. The summed E-state index contributed by atoms with van der Waals surface area (Å²) in [5.41, 5.74) is 2.12. The Balaban J connectivity index is 1.79. The van der Waals surface area contributed by atoms with Gasteiger partial charge >= 0.3 is 0 Å². The molecule has 2 aromatic heterocycles. The van der Waals surface area contributed by atoms with Crippen LogP contribution in [0.25, 0.3) is 22.3 Å². The number of aromatic nitrogens is 4. The molecule has 1 aliphatic heterocycles. The fourth-order valence-corrected chi connectivity index (χ4v) is 3.56. The second-order valence-corrected chi connectivity index (χ2v) is 6.79. The highest BCUT2D eigenvalue weighted by Crippen LogP contribution is 2.32. The molecule has 0 amide bonds. The number of nitrogens with zero attached hydrogens (tertiary/aromatic N) is 4. The molecule has 3 heterocycles. The van der Waals surface area contributed by atoms with Gasteiger partial charge < -0.3 is 9.88 Å². The van der Waals surface area contributed by atoms with E-state index in [1.165, 1.54) is 0 Å². The van der Waals surface area contributed by atoms with Crippen molar-refractivity contribution in [1.29, 1.82) is 0 Å². The molecule has 23 heavy (non-hydrogen) atoms. The van der Waals surface area contributed by atoms with Crippen LogP contribution in [-0.2, 0) is 0 Å². The number of fused-ring (bicyclic) bond motifs is 1. The Bertz CT molecular complexity index is 842. The predicted octanol–water partition coefficient (Wildman–Crippen LogP) is 3.65. The van der Waals surface area contributed by atoms with Crippen LogP contribution in [-0.4, -0.2) is 44.8 Å². The lowest BCUT2D eigenvalue weighted by atomic mass is 10.1. The van der Waals surface area contributed by atoms with Gasteiger partial charge in [-0.3, -0.25) is 0 Å². The van der Waals surface area contributed by atoms with Crippen LogP contribution in [0.1, 0.15) is 24.7 Å². The minimum absolute atomic E-state index is 0.416. The zero-order chi connectivity index (χ0) is 16.0. The van der Waals surface area contributed by atoms with Gasteiger partial charge in [0, 0.05) is 27.7 Å². The second-order valence-electron chi connectivity index (χ2n) is 6.35. The molecule has 0 bridgehead atoms. The molecule has 0 saturated carbocycles. The van der Waals surface area contributed by atoms with E-state index in [0.29, 0.717) is 6.04 Å². The molecule has 5 nitrogen and oxygen atoms in total. The predicted molar refractivity (Wildman–Crippen MR) is 92.8 cm³/mol. The average Bonchev–Trinajstić information content (AvgIpc) is 3.10. The molecule has 4 rings (SSSR count). The first-order chi connectivity index (χ1) is 11.1. The number of hydrogen-bond acceptors (Lipinski definition) is 3. The number of rotatable bonds is 2. The van der Waals surface area contributed by atoms with Crippen LogP contribution in [0.4, 0.5) is 0 Å². The molecule has 0 aliphatic carbocycles. The third-order valence-corrected chi connectivity index (χ3v) is 4.89. The van der Waals surface area contributed by atoms with Gasteiger partial charge in [-0.25, -0.2) is 9.67 Å². The van der Waals surface area contributed by atoms with Gasteiger partial charge in [0.2, 0.25) is 0 Å². The van der Waals surface area contributed by atoms with Crippen molar-refractivity contribution in [2.75, 3.05) is 20.1 Å². The molecule has 0 unspecified atom stereocenters. The highest BCUT2D eigenvalue weighted by molar-refractivity contribution is 6.31. The van der Waals surface area contributed by atoms with E-state index < -0.39 is 0 Å². The van der Waals surface area contributed by atoms with E-state index in [0.717, 1.165) is 59.1 Å². The zero-order valence-corrected chi connectivity index (χ0v) is 14.1. The van der Waals surface area contributed by atoms with Crippen LogP contribution in [0.2, 0.25) is 5.02 Å². The van der Waals surface area contributed by atoms with E-state index in [9.17, 15) is 0 Å². The summed E-state index contributed by atoms with van der Waals surface area (Å²) in [5.74, 6) is 1.77. The summed E-state index contributed by atoms with van der Waals surface area (Å²) in [4.78, 5) is 10.4. The fraction of sp³-hybridized carbons (Fsp3) is 0.412. The Morgan fingerprint density at radius 3 is 2.83 bits per heavy atom. The highest BCUT2D eigenvalue weighted by Gasteiger charge is 2.24. The SMILES string of the molecule is Cc1nc(-c2c[nH]c3cc(Cl)ccc23)n(C2CCN(C)CC2)n1. The second kappa shape index (κ2) is 5.65. The van der Waals surface area contributed by atoms with Crippen LogP contribution >= 0.6 is 11.6 Å². The summed E-state index contributed by atoms with van der Waals surface area (Å²) in [6, 6.07) is 6.33. The zero-order valence-electron chi connectivity index (χ0n) is 13.4. The van der Waals surface area contributed by atoms with Gasteiger partial charge in [-0.2, -0.15) is 5.10 Å². The molecule has 1 N–H and O–H groups in total. The smallest absolute Gasteiger partial charge is 0.160 e. The topological polar surface area (TPSA) is 49.7 Å². The molecular weight excluding hydrogens is 310 g/mol. The molecular formula is C17H20ClN5. The molecule has 3 aromatic rings. The molecule has 1 fully saturated rings. The fourth-order valence-electron chi connectivity index (χ4n) is 3.39. The van der Waals surface area contributed by atoms with Gasteiger partial charge in [-0.1, -0.05) is 17.7 Å². The summed E-state index contributed by atoms with van der Waals surface area (Å²) in [6.45, 7) is 4.17. The molecule has 0 atom stereocenters. The van der Waals surface area contributed by atoms with Crippen molar-refractivity contribution >= 4 is 22.5 Å². The average molecular weight is 330 g/mol. The number of piperidine rings is 1. The van der Waals surface area contributed by atoms with Gasteiger partial charge in [0.25, 0.3) is 0 Å². The Kier molecular flexibility index (Phi) is 3.62. The lowest BCUT2D eigenvalue weighted by molar-refractivity contribution is 0.213. The third-order valence-electron chi connectivity index (χ3n) is 4.66. The van der Waals surface area contributed by atoms with Crippen LogP contribution < -0.4 is 0 Å². The molecule has 6 heteroatoms. The summed E-state index contributed by atoms with van der Waals surface area (Å²) < 4.78 is 2.12. The van der Waals surface area contributed by atoms with Gasteiger partial charge in [0.15, 0.2) is 5.82 Å². The van der Waals surface area contributed by atoms with Gasteiger partial charge in [-0.15, -0.1) is 0 Å². The molecule has 1 aliphatic rings. The van der Waals surface area contributed by atoms with Crippen molar-refractivity contribution in [2.45, 2.75) is 25.8 Å². The van der Waals surface area contributed by atoms with Crippen molar-refractivity contribution in [3.63, 3.8) is 0 Å². The van der Waals surface area contributed by atoms with Gasteiger partial charge in [0.05, 0.1) is 6.04 Å². The minimum atomic E-state index is 0.416. The number of benzene rings is 1. The number of hydrogen-bond donors (Lipinski definition) is 1. The monoisotopic (exact) mass is 329 g/mol. The first-order valence-electron chi connectivity index (χ1n) is 8.00. The lowest BCUT2D eigenvalue weighted by Gasteiger charge is -2.29. The van der Waals surface area contributed by atoms with E-state index >= 15 is 0 Å². The summed E-state index contributed by atoms with van der Waals surface area (Å²) >= 11 is 6.09. The normalized spacial score (nSPS) is 17.2. The number of H-pyrrole nitrogens is 1. The van der Waals surface area contributed by atoms with Crippen LogP contribution in [0.3, 0.4) is 0 Å². The summed E-state index contributed by atoms with van der Waals surface area (Å²) in [5, 5.41) is 6.56. The Labute approximate surface area is 140 Å². The van der Waals surface area contributed by atoms with E-state index in [4.69, 9.17) is 16.6 Å². The van der Waals surface area contributed by atoms with Crippen LogP contribution in [0.5, 0.6) is 0 Å². The first-order valence-corrected chi connectivity index (χ1v) is 8.38. The maximum Gasteiger partial charge on any atom is 0.160 e. The third kappa shape index (κ3) is 2.64.